The highest BCUT2D eigenvalue weighted by molar-refractivity contribution is 9.13. The number of benzene rings is 2. The first-order valence-electron chi connectivity index (χ1n) is 6.38. The fourth-order valence-electron chi connectivity index (χ4n) is 1.71. The molecule has 0 aliphatic heterocycles. The SMILES string of the molecule is Clc1c(Br)c(Cl)c(OCCOc2c(Cl)c(Br)c(Cl)c(Br)c2Br)c(Br)c1Br. The van der Waals surface area contributed by atoms with Crippen LogP contribution in [0.4, 0.5) is 0 Å². The zero-order chi connectivity index (χ0) is 19.8. The number of ether oxygens (including phenoxy) is 2. The van der Waals surface area contributed by atoms with Gasteiger partial charge in [-0.1, -0.05) is 46.4 Å². The van der Waals surface area contributed by atoms with Gasteiger partial charge in [0.2, 0.25) is 0 Å². The lowest BCUT2D eigenvalue weighted by Crippen LogP contribution is -2.10. The van der Waals surface area contributed by atoms with Crippen LogP contribution < -0.4 is 9.47 Å². The summed E-state index contributed by atoms with van der Waals surface area (Å²) in [6.07, 6.45) is 0. The second-order valence-corrected chi connectivity index (χ2v) is 10.8. The molecule has 0 unspecified atom stereocenters. The second-order valence-electron chi connectivity index (χ2n) is 4.49. The third-order valence-corrected chi connectivity index (χ3v) is 11.5. The maximum atomic E-state index is 6.28. The molecule has 0 spiro atoms. The lowest BCUT2D eigenvalue weighted by molar-refractivity contribution is 0.215. The van der Waals surface area contributed by atoms with Crippen LogP contribution in [0.25, 0.3) is 0 Å². The van der Waals surface area contributed by atoms with Gasteiger partial charge in [-0.2, -0.15) is 0 Å². The molecule has 12 heteroatoms. The van der Waals surface area contributed by atoms with Crippen molar-refractivity contribution in [3.63, 3.8) is 0 Å². The van der Waals surface area contributed by atoms with Gasteiger partial charge in [-0.25, -0.2) is 0 Å². The summed E-state index contributed by atoms with van der Waals surface area (Å²) in [6, 6.07) is 0. The second kappa shape index (κ2) is 10.4. The van der Waals surface area contributed by atoms with E-state index in [1.54, 1.807) is 0 Å². The molecule has 26 heavy (non-hydrogen) atoms. The molecule has 0 saturated heterocycles. The molecule has 0 heterocycles. The minimum Gasteiger partial charge on any atom is -0.487 e. The molecule has 2 rings (SSSR count). The van der Waals surface area contributed by atoms with Crippen LogP contribution in [-0.2, 0) is 0 Å². The highest BCUT2D eigenvalue weighted by Crippen LogP contribution is 2.49. The Hall–Kier alpha value is 2.08. The molecule has 2 nitrogen and oxygen atoms in total. The molecule has 0 aliphatic carbocycles. The van der Waals surface area contributed by atoms with Crippen LogP contribution in [0.5, 0.6) is 11.5 Å². The van der Waals surface area contributed by atoms with E-state index in [2.05, 4.69) is 95.6 Å². The number of hydrogen-bond donors (Lipinski definition) is 0. The first kappa shape index (κ1) is 24.4. The van der Waals surface area contributed by atoms with E-state index in [0.717, 1.165) is 0 Å². The summed E-state index contributed by atoms with van der Waals surface area (Å²) >= 11 is 45.1. The van der Waals surface area contributed by atoms with E-state index in [0.29, 0.717) is 58.4 Å². The minimum absolute atomic E-state index is 0.208. The molecule has 0 saturated carbocycles. The highest BCUT2D eigenvalue weighted by atomic mass is 79.9. The zero-order valence-corrected chi connectivity index (χ0v) is 24.6. The van der Waals surface area contributed by atoms with Gasteiger partial charge in [0.1, 0.15) is 13.2 Å². The Kier molecular flexibility index (Phi) is 9.74. The van der Waals surface area contributed by atoms with E-state index in [1.807, 2.05) is 0 Å². The van der Waals surface area contributed by atoms with Crippen LogP contribution in [0.1, 0.15) is 0 Å². The van der Waals surface area contributed by atoms with Crippen molar-refractivity contribution >= 4 is 142 Å². The molecule has 0 fully saturated rings. The fraction of sp³-hybridized carbons (Fsp3) is 0.143. The first-order chi connectivity index (χ1) is 12.1. The minimum atomic E-state index is 0.208. The lowest BCUT2D eigenvalue weighted by Gasteiger charge is -2.16. The summed E-state index contributed by atoms with van der Waals surface area (Å²) in [4.78, 5) is 0. The zero-order valence-electron chi connectivity index (χ0n) is 12.0. The van der Waals surface area contributed by atoms with E-state index in [1.165, 1.54) is 0 Å². The van der Waals surface area contributed by atoms with Crippen molar-refractivity contribution in [2.24, 2.45) is 0 Å². The third kappa shape index (κ3) is 5.03. The van der Waals surface area contributed by atoms with Gasteiger partial charge in [0.15, 0.2) is 11.5 Å². The molecule has 0 radical (unpaired) electrons. The number of hydrogen-bond acceptors (Lipinski definition) is 2. The van der Waals surface area contributed by atoms with Crippen molar-refractivity contribution in [2.75, 3.05) is 13.2 Å². The van der Waals surface area contributed by atoms with Gasteiger partial charge in [0.05, 0.1) is 46.9 Å². The summed E-state index contributed by atoms with van der Waals surface area (Å²) in [6.45, 7) is 0.416. The molecular weight excluding hydrogens is 821 g/mol. The van der Waals surface area contributed by atoms with Gasteiger partial charge in [0.25, 0.3) is 0 Å². The monoisotopic (exact) mass is 817 g/mol. The lowest BCUT2D eigenvalue weighted by atomic mass is 10.3. The summed E-state index contributed by atoms with van der Waals surface area (Å²) in [5.74, 6) is 0.865. The van der Waals surface area contributed by atoms with Crippen molar-refractivity contribution in [1.29, 1.82) is 0 Å². The number of halogens is 10. The quantitative estimate of drug-likeness (QED) is 0.170. The predicted molar refractivity (Wildman–Crippen MR) is 130 cm³/mol. The Morgan fingerprint density at radius 3 is 1.08 bits per heavy atom. The summed E-state index contributed by atoms with van der Waals surface area (Å²) in [5.41, 5.74) is 0. The Morgan fingerprint density at radius 1 is 0.462 bits per heavy atom. The summed E-state index contributed by atoms with van der Waals surface area (Å²) < 4.78 is 15.0. The molecule has 0 aliphatic rings. The van der Waals surface area contributed by atoms with E-state index in [-0.39, 0.29) is 13.2 Å². The van der Waals surface area contributed by atoms with Crippen LogP contribution in [0.3, 0.4) is 0 Å². The van der Waals surface area contributed by atoms with Gasteiger partial charge in [0, 0.05) is 0 Å². The Bertz CT molecular complexity index is 748. The van der Waals surface area contributed by atoms with Crippen LogP contribution in [0.15, 0.2) is 26.8 Å². The molecule has 2 aromatic rings. The molecule has 0 aromatic heterocycles. The predicted octanol–water partition coefficient (Wildman–Crippen LogP) is 10.3. The molecule has 0 bridgehead atoms. The Morgan fingerprint density at radius 2 is 0.769 bits per heavy atom. The molecule has 0 atom stereocenters. The average Bonchev–Trinajstić information content (AvgIpc) is 2.63. The Labute approximate surface area is 220 Å². The molecule has 2 aromatic carbocycles. The maximum absolute atomic E-state index is 6.28. The molecule has 0 amide bonds. The smallest absolute Gasteiger partial charge is 0.154 e. The van der Waals surface area contributed by atoms with Crippen LogP contribution in [0, 0.1) is 0 Å². The molecule has 142 valence electrons. The van der Waals surface area contributed by atoms with E-state index >= 15 is 0 Å². The largest absolute Gasteiger partial charge is 0.487 e. The third-order valence-electron chi connectivity index (χ3n) is 2.92. The van der Waals surface area contributed by atoms with Crippen molar-refractivity contribution in [3.8, 4) is 11.5 Å². The van der Waals surface area contributed by atoms with Gasteiger partial charge in [-0.3, -0.25) is 0 Å². The molecular formula is C14H4Br6Cl4O2. The molecule has 0 N–H and O–H groups in total. The van der Waals surface area contributed by atoms with Crippen molar-refractivity contribution < 1.29 is 9.47 Å². The standard InChI is InChI=1S/C14H4Br6Cl4O2/c15-3-5(17)13(11(23)7(19)9(3)21)25-1-2-26-14-6(18)4(16)10(22)8(20)12(14)24/h1-2H2. The van der Waals surface area contributed by atoms with Crippen LogP contribution in [0.2, 0.25) is 20.1 Å². The van der Waals surface area contributed by atoms with Crippen molar-refractivity contribution in [3.05, 3.63) is 46.9 Å². The fourth-order valence-corrected chi connectivity index (χ4v) is 6.20. The summed E-state index contributed by atoms with van der Waals surface area (Å²) in [7, 11) is 0. The highest BCUT2D eigenvalue weighted by Gasteiger charge is 2.21. The first-order valence-corrected chi connectivity index (χ1v) is 12.6. The van der Waals surface area contributed by atoms with Gasteiger partial charge < -0.3 is 9.47 Å². The van der Waals surface area contributed by atoms with Gasteiger partial charge >= 0.3 is 0 Å². The average molecular weight is 825 g/mol. The van der Waals surface area contributed by atoms with E-state index in [9.17, 15) is 0 Å². The topological polar surface area (TPSA) is 18.5 Å². The van der Waals surface area contributed by atoms with Gasteiger partial charge in [-0.05, 0) is 95.6 Å². The summed E-state index contributed by atoms with van der Waals surface area (Å²) in [5, 5.41) is 1.58. The normalized spacial score (nSPS) is 11.0. The van der Waals surface area contributed by atoms with Gasteiger partial charge in [-0.15, -0.1) is 0 Å². The van der Waals surface area contributed by atoms with Crippen LogP contribution >= 0.6 is 142 Å². The van der Waals surface area contributed by atoms with Crippen LogP contribution in [-0.4, -0.2) is 13.2 Å². The van der Waals surface area contributed by atoms with E-state index in [4.69, 9.17) is 55.9 Å². The maximum Gasteiger partial charge on any atom is 0.154 e. The Balaban J connectivity index is 2.14. The van der Waals surface area contributed by atoms with E-state index < -0.39 is 0 Å². The number of rotatable bonds is 5. The van der Waals surface area contributed by atoms with Crippen molar-refractivity contribution in [2.45, 2.75) is 0 Å². The van der Waals surface area contributed by atoms with Crippen molar-refractivity contribution in [1.82, 2.24) is 0 Å².